The molecule has 1 unspecified atom stereocenters. The van der Waals surface area contributed by atoms with Gasteiger partial charge in [0.2, 0.25) is 0 Å². The lowest BCUT2D eigenvalue weighted by Gasteiger charge is -2.30. The molecule has 2 aromatic carbocycles. The van der Waals surface area contributed by atoms with Crippen molar-refractivity contribution in [3.05, 3.63) is 65.0 Å². The molecule has 49 heavy (non-hydrogen) atoms. The second kappa shape index (κ2) is 15.1. The molecule has 0 saturated carbocycles. The minimum Gasteiger partial charge on any atom is -0.382 e. The predicted octanol–water partition coefficient (Wildman–Crippen LogP) is 6.78. The number of ether oxygens (including phenoxy) is 3. The van der Waals surface area contributed by atoms with Crippen molar-refractivity contribution < 1.29 is 41.2 Å². The van der Waals surface area contributed by atoms with E-state index in [-0.39, 0.29) is 19.2 Å². The number of aromatic nitrogens is 2. The van der Waals surface area contributed by atoms with Crippen LogP contribution < -0.4 is 4.72 Å². The number of carbonyl (C=O) groups is 2. The molecule has 1 aromatic heterocycles. The van der Waals surface area contributed by atoms with E-state index in [1.54, 1.807) is 67.8 Å². The number of hydrogen-bond donors (Lipinski definition) is 1. The van der Waals surface area contributed by atoms with Crippen molar-refractivity contribution in [3.63, 3.8) is 0 Å². The number of methoxy groups -OCH3 is 1. The fraction of sp³-hybridized carbons (Fsp3) is 0.559. The molecule has 0 radical (unpaired) electrons. The van der Waals surface area contributed by atoms with E-state index in [4.69, 9.17) is 19.2 Å². The summed E-state index contributed by atoms with van der Waals surface area (Å²) < 4.78 is 75.3. The fourth-order valence-corrected chi connectivity index (χ4v) is 7.01. The van der Waals surface area contributed by atoms with Crippen molar-refractivity contribution in [2.24, 2.45) is 0 Å². The van der Waals surface area contributed by atoms with Gasteiger partial charge in [0.05, 0.1) is 56.6 Å². The average Bonchev–Trinajstić information content (AvgIpc) is 3.48. The number of imide groups is 1. The number of alkyl halides is 3. The van der Waals surface area contributed by atoms with E-state index in [0.29, 0.717) is 34.3 Å². The van der Waals surface area contributed by atoms with Crippen LogP contribution in [0.25, 0.3) is 11.0 Å². The Morgan fingerprint density at radius 2 is 1.61 bits per heavy atom. The predicted molar refractivity (Wildman–Crippen MR) is 185 cm³/mol. The molecule has 10 nitrogen and oxygen atoms in total. The van der Waals surface area contributed by atoms with Gasteiger partial charge in [-0.25, -0.2) is 13.9 Å². The number of halogens is 3. The Bertz CT molecular complexity index is 1650. The molecule has 1 aliphatic rings. The molecule has 270 valence electrons. The van der Waals surface area contributed by atoms with Crippen LogP contribution >= 0.6 is 0 Å². The molecule has 1 aliphatic heterocycles. The van der Waals surface area contributed by atoms with E-state index < -0.39 is 66.1 Å². The number of nitrogens with one attached hydrogen (secondary N) is 1. The van der Waals surface area contributed by atoms with Crippen molar-refractivity contribution in [3.8, 4) is 0 Å². The first-order chi connectivity index (χ1) is 22.7. The standard InChI is InChI=1S/C34H47F3N4O6SSi/c1-21(47-22(2)34(35,36)37)29(39-48(44)33(3,4)5)30-38-26-18-23(14-15-27(26)40(30)20-46-16-17-49(7,8)9)28(19-45-6)41-31(42)24-12-10-11-13-25(24)32(41)43/h10-15,18,21-22,28-29,39H,16-17,19-20H2,1-9H3/t21-,22+,28-,29+,48?/m1/s1. The van der Waals surface area contributed by atoms with E-state index in [0.717, 1.165) is 13.0 Å². The first-order valence-electron chi connectivity index (χ1n) is 16.2. The van der Waals surface area contributed by atoms with Crippen molar-refractivity contribution in [2.75, 3.05) is 20.3 Å². The molecule has 0 aliphatic carbocycles. The lowest BCUT2D eigenvalue weighted by Crippen LogP contribution is -2.43. The number of benzene rings is 2. The van der Waals surface area contributed by atoms with Gasteiger partial charge < -0.3 is 18.8 Å². The minimum atomic E-state index is -4.61. The third-order valence-corrected chi connectivity index (χ3v) is 11.6. The van der Waals surface area contributed by atoms with E-state index in [2.05, 4.69) is 24.4 Å². The zero-order valence-corrected chi connectivity index (χ0v) is 31.3. The highest BCUT2D eigenvalue weighted by atomic mass is 32.2. The summed E-state index contributed by atoms with van der Waals surface area (Å²) in [5, 5.41) is 0. The second-order valence-electron chi connectivity index (χ2n) is 14.5. The normalized spacial score (nSPS) is 17.3. The highest BCUT2D eigenvalue weighted by Crippen LogP contribution is 2.35. The smallest absolute Gasteiger partial charge is 0.382 e. The molecule has 1 N–H and O–H groups in total. The summed E-state index contributed by atoms with van der Waals surface area (Å²) in [5.41, 5.74) is 2.20. The molecule has 15 heteroatoms. The maximum absolute atomic E-state index is 13.6. The van der Waals surface area contributed by atoms with E-state index in [1.165, 1.54) is 18.9 Å². The quantitative estimate of drug-likeness (QED) is 0.105. The number of nitrogens with zero attached hydrogens (tertiary/aromatic N) is 3. The van der Waals surface area contributed by atoms with Crippen LogP contribution in [0.5, 0.6) is 0 Å². The molecule has 3 aromatic rings. The van der Waals surface area contributed by atoms with Gasteiger partial charge in [-0.05, 0) is 70.5 Å². The summed E-state index contributed by atoms with van der Waals surface area (Å²) in [6, 6.07) is 10.9. The van der Waals surface area contributed by atoms with Gasteiger partial charge in [0.15, 0.2) is 6.10 Å². The molecule has 0 spiro atoms. The van der Waals surface area contributed by atoms with Gasteiger partial charge in [-0.15, -0.1) is 0 Å². The number of rotatable bonds is 15. The van der Waals surface area contributed by atoms with Gasteiger partial charge in [-0.3, -0.25) is 14.5 Å². The Labute approximate surface area is 289 Å². The van der Waals surface area contributed by atoms with Gasteiger partial charge in [0.25, 0.3) is 11.8 Å². The summed E-state index contributed by atoms with van der Waals surface area (Å²) >= 11 is 0. The zero-order valence-electron chi connectivity index (χ0n) is 29.5. The number of carbonyl (C=O) groups excluding carboxylic acids is 2. The Morgan fingerprint density at radius 1 is 1.00 bits per heavy atom. The van der Waals surface area contributed by atoms with Gasteiger partial charge in [0, 0.05) is 21.8 Å². The molecular formula is C34H47F3N4O6SSi. The molecule has 4 rings (SSSR count). The van der Waals surface area contributed by atoms with Crippen molar-refractivity contribution in [1.82, 2.24) is 19.2 Å². The number of hydrogen-bond acceptors (Lipinski definition) is 7. The SMILES string of the molecule is COC[C@H](c1ccc2c(c1)nc([C@@H](NS(=O)C(C)(C)C)[C@@H](C)O[C@@H](C)C(F)(F)F)n2COCC[Si](C)(C)C)N1C(=O)c2ccccc2C1=O. The highest BCUT2D eigenvalue weighted by Gasteiger charge is 2.42. The van der Waals surface area contributed by atoms with E-state index >= 15 is 0 Å². The van der Waals surface area contributed by atoms with Crippen LogP contribution in [0.2, 0.25) is 25.7 Å². The monoisotopic (exact) mass is 724 g/mol. The third kappa shape index (κ3) is 9.05. The van der Waals surface area contributed by atoms with Crippen LogP contribution in [-0.2, 0) is 31.9 Å². The zero-order chi connectivity index (χ0) is 36.5. The second-order valence-corrected chi connectivity index (χ2v) is 22.1. The molecule has 5 atom stereocenters. The summed E-state index contributed by atoms with van der Waals surface area (Å²) in [5.74, 6) is -0.615. The van der Waals surface area contributed by atoms with Gasteiger partial charge >= 0.3 is 6.18 Å². The average molecular weight is 725 g/mol. The maximum Gasteiger partial charge on any atom is 0.414 e. The Morgan fingerprint density at radius 3 is 2.14 bits per heavy atom. The Kier molecular flexibility index (Phi) is 12.0. The number of imidazole rings is 1. The number of fused-ring (bicyclic) bond motifs is 2. The molecule has 0 bridgehead atoms. The fourth-order valence-electron chi connectivity index (χ4n) is 5.38. The summed E-state index contributed by atoms with van der Waals surface area (Å²) in [4.78, 5) is 32.9. The molecule has 2 heterocycles. The minimum absolute atomic E-state index is 0.0132. The van der Waals surface area contributed by atoms with Crippen molar-refractivity contribution in [2.45, 2.75) is 102 Å². The Balaban J connectivity index is 1.82. The largest absolute Gasteiger partial charge is 0.414 e. The lowest BCUT2D eigenvalue weighted by molar-refractivity contribution is -0.227. The van der Waals surface area contributed by atoms with Gasteiger partial charge in [-0.2, -0.15) is 13.2 Å². The molecule has 0 saturated heterocycles. The van der Waals surface area contributed by atoms with Gasteiger partial charge in [-0.1, -0.05) is 37.8 Å². The molecular weight excluding hydrogens is 678 g/mol. The first-order valence-corrected chi connectivity index (χ1v) is 21.0. The van der Waals surface area contributed by atoms with Crippen LogP contribution in [0.15, 0.2) is 42.5 Å². The molecule has 0 fully saturated rings. The van der Waals surface area contributed by atoms with Crippen LogP contribution in [0.4, 0.5) is 13.2 Å². The highest BCUT2D eigenvalue weighted by molar-refractivity contribution is 7.84. The first kappa shape index (κ1) is 38.8. The van der Waals surface area contributed by atoms with Crippen molar-refractivity contribution in [1.29, 1.82) is 0 Å². The summed E-state index contributed by atoms with van der Waals surface area (Å²) in [7, 11) is -1.68. The Hall–Kier alpha value is -2.95. The topological polar surface area (TPSA) is 112 Å². The van der Waals surface area contributed by atoms with Gasteiger partial charge in [0.1, 0.15) is 18.6 Å². The van der Waals surface area contributed by atoms with Crippen molar-refractivity contribution >= 4 is 41.9 Å². The third-order valence-electron chi connectivity index (χ3n) is 8.28. The maximum atomic E-state index is 13.6. The van der Waals surface area contributed by atoms with Crippen LogP contribution in [0.1, 0.15) is 78.8 Å². The van der Waals surface area contributed by atoms with Crippen LogP contribution in [-0.4, -0.2) is 82.0 Å². The van der Waals surface area contributed by atoms with Crippen LogP contribution in [0.3, 0.4) is 0 Å². The van der Waals surface area contributed by atoms with Crippen LogP contribution in [0, 0.1) is 0 Å². The molecule has 2 amide bonds. The number of amides is 2. The summed E-state index contributed by atoms with van der Waals surface area (Å²) in [6.45, 7) is 14.8. The van der Waals surface area contributed by atoms with E-state index in [9.17, 15) is 27.0 Å². The summed E-state index contributed by atoms with van der Waals surface area (Å²) in [6.07, 6.45) is -7.83. The lowest BCUT2D eigenvalue weighted by atomic mass is 10.0. The van der Waals surface area contributed by atoms with E-state index in [1.807, 2.05) is 0 Å².